The van der Waals surface area contributed by atoms with Crippen molar-refractivity contribution in [1.29, 1.82) is 0 Å². The fraction of sp³-hybridized carbons (Fsp3) is 0.889. The van der Waals surface area contributed by atoms with Crippen LogP contribution < -0.4 is 5.32 Å². The normalized spacial score (nSPS) is 14.1. The Morgan fingerprint density at radius 2 is 1.93 bits per heavy atom. The van der Waals surface area contributed by atoms with E-state index in [0.717, 1.165) is 0 Å². The summed E-state index contributed by atoms with van der Waals surface area (Å²) >= 11 is 16.4. The SMILES string of the molecule is CN[C@H](CC(C)C)C(=O)OCC(Cl)(Cl)Cl. The quantitative estimate of drug-likeness (QED) is 0.619. The van der Waals surface area contributed by atoms with E-state index >= 15 is 0 Å². The van der Waals surface area contributed by atoms with Crippen LogP contribution in [0, 0.1) is 5.92 Å². The molecule has 0 aromatic carbocycles. The molecule has 0 aromatic heterocycles. The van der Waals surface area contributed by atoms with Crippen LogP contribution in [0.3, 0.4) is 0 Å². The Morgan fingerprint density at radius 3 is 2.27 bits per heavy atom. The van der Waals surface area contributed by atoms with Crippen LogP contribution in [0.4, 0.5) is 0 Å². The Labute approximate surface area is 105 Å². The van der Waals surface area contributed by atoms with Gasteiger partial charge in [-0.3, -0.25) is 4.79 Å². The Hall–Kier alpha value is 0.300. The third-order valence-corrected chi connectivity index (χ3v) is 2.05. The number of nitrogens with one attached hydrogen (secondary N) is 1. The molecule has 1 atom stereocenters. The number of ether oxygens (including phenoxy) is 1. The summed E-state index contributed by atoms with van der Waals surface area (Å²) < 4.78 is 3.31. The van der Waals surface area contributed by atoms with Gasteiger partial charge in [-0.05, 0) is 19.4 Å². The van der Waals surface area contributed by atoms with E-state index in [1.54, 1.807) is 7.05 Å². The highest BCUT2D eigenvalue weighted by atomic mass is 35.6. The molecule has 0 saturated carbocycles. The van der Waals surface area contributed by atoms with Gasteiger partial charge in [-0.2, -0.15) is 0 Å². The van der Waals surface area contributed by atoms with E-state index in [0.29, 0.717) is 12.3 Å². The molecule has 0 radical (unpaired) electrons. The van der Waals surface area contributed by atoms with Crippen molar-refractivity contribution in [2.45, 2.75) is 30.1 Å². The van der Waals surface area contributed by atoms with Gasteiger partial charge in [0.1, 0.15) is 12.6 Å². The Balaban J connectivity index is 4.05. The number of likely N-dealkylation sites (N-methyl/N-ethyl adjacent to an activating group) is 1. The van der Waals surface area contributed by atoms with Gasteiger partial charge in [-0.25, -0.2) is 0 Å². The van der Waals surface area contributed by atoms with Crippen LogP contribution in [0.15, 0.2) is 0 Å². The molecule has 0 aliphatic carbocycles. The second-order valence-corrected chi connectivity index (χ2v) is 6.21. The predicted molar refractivity (Wildman–Crippen MR) is 63.6 cm³/mol. The summed E-state index contributed by atoms with van der Waals surface area (Å²) in [7, 11) is 1.70. The second-order valence-electron chi connectivity index (χ2n) is 3.69. The number of carbonyl (C=O) groups is 1. The van der Waals surface area contributed by atoms with Gasteiger partial charge in [0.15, 0.2) is 0 Å². The lowest BCUT2D eigenvalue weighted by Gasteiger charge is -2.18. The number of rotatable bonds is 5. The van der Waals surface area contributed by atoms with Crippen molar-refractivity contribution in [2.24, 2.45) is 5.92 Å². The van der Waals surface area contributed by atoms with E-state index in [2.05, 4.69) is 5.32 Å². The maximum absolute atomic E-state index is 11.5. The predicted octanol–water partition coefficient (Wildman–Crippen LogP) is 2.53. The lowest BCUT2D eigenvalue weighted by Crippen LogP contribution is -2.37. The molecule has 0 spiro atoms. The second kappa shape index (κ2) is 6.79. The van der Waals surface area contributed by atoms with E-state index in [-0.39, 0.29) is 12.6 Å². The third-order valence-electron chi connectivity index (χ3n) is 1.72. The van der Waals surface area contributed by atoms with Gasteiger partial charge in [-0.1, -0.05) is 48.7 Å². The van der Waals surface area contributed by atoms with E-state index in [1.165, 1.54) is 0 Å². The van der Waals surface area contributed by atoms with Crippen molar-refractivity contribution in [2.75, 3.05) is 13.7 Å². The molecule has 0 amide bonds. The molecule has 3 nitrogen and oxygen atoms in total. The van der Waals surface area contributed by atoms with Gasteiger partial charge in [0.2, 0.25) is 3.79 Å². The zero-order chi connectivity index (χ0) is 12.1. The first-order chi connectivity index (χ1) is 6.76. The maximum atomic E-state index is 11.5. The topological polar surface area (TPSA) is 38.3 Å². The van der Waals surface area contributed by atoms with Crippen molar-refractivity contribution in [1.82, 2.24) is 5.32 Å². The average molecular weight is 277 g/mol. The highest BCUT2D eigenvalue weighted by Gasteiger charge is 2.25. The maximum Gasteiger partial charge on any atom is 0.323 e. The van der Waals surface area contributed by atoms with E-state index in [9.17, 15) is 4.79 Å². The van der Waals surface area contributed by atoms with Crippen LogP contribution >= 0.6 is 34.8 Å². The number of hydrogen-bond donors (Lipinski definition) is 1. The highest BCUT2D eigenvalue weighted by molar-refractivity contribution is 6.67. The smallest absolute Gasteiger partial charge is 0.323 e. The summed E-state index contributed by atoms with van der Waals surface area (Å²) in [4.78, 5) is 11.5. The summed E-state index contributed by atoms with van der Waals surface area (Å²) in [5, 5.41) is 2.87. The zero-order valence-corrected chi connectivity index (χ0v) is 11.3. The van der Waals surface area contributed by atoms with E-state index in [4.69, 9.17) is 39.5 Å². The number of esters is 1. The third kappa shape index (κ3) is 8.14. The zero-order valence-electron chi connectivity index (χ0n) is 9.02. The standard InChI is InChI=1S/C9H16Cl3NO2/c1-6(2)4-7(13-3)8(14)15-5-9(10,11)12/h6-7,13H,4-5H2,1-3H3/t7-/m1/s1. The van der Waals surface area contributed by atoms with Gasteiger partial charge in [0, 0.05) is 0 Å². The van der Waals surface area contributed by atoms with Crippen molar-refractivity contribution in [3.05, 3.63) is 0 Å². The van der Waals surface area contributed by atoms with Crippen molar-refractivity contribution < 1.29 is 9.53 Å². The average Bonchev–Trinajstić information content (AvgIpc) is 2.08. The summed E-state index contributed by atoms with van der Waals surface area (Å²) in [6.07, 6.45) is 0.690. The van der Waals surface area contributed by atoms with Gasteiger partial charge in [0.25, 0.3) is 0 Å². The molecule has 15 heavy (non-hydrogen) atoms. The number of halogens is 3. The first-order valence-corrected chi connectivity index (χ1v) is 5.80. The molecule has 0 unspecified atom stereocenters. The van der Waals surface area contributed by atoms with Gasteiger partial charge in [0.05, 0.1) is 0 Å². The van der Waals surface area contributed by atoms with Gasteiger partial charge >= 0.3 is 5.97 Å². The first kappa shape index (κ1) is 15.3. The van der Waals surface area contributed by atoms with Gasteiger partial charge in [-0.15, -0.1) is 0 Å². The van der Waals surface area contributed by atoms with Crippen LogP contribution in [0.1, 0.15) is 20.3 Å². The summed E-state index contributed by atoms with van der Waals surface area (Å²) in [5.74, 6) is 0.000265. The minimum absolute atomic E-state index is 0.229. The van der Waals surface area contributed by atoms with Crippen molar-refractivity contribution >= 4 is 40.8 Å². The molecule has 90 valence electrons. The van der Waals surface area contributed by atoms with Crippen molar-refractivity contribution in [3.63, 3.8) is 0 Å². The fourth-order valence-corrected chi connectivity index (χ4v) is 1.22. The Morgan fingerprint density at radius 1 is 1.40 bits per heavy atom. The summed E-state index contributed by atoms with van der Waals surface area (Å²) in [6.45, 7) is 3.81. The fourth-order valence-electron chi connectivity index (χ4n) is 1.06. The minimum Gasteiger partial charge on any atom is -0.460 e. The summed E-state index contributed by atoms with van der Waals surface area (Å²) in [6, 6.07) is -0.350. The lowest BCUT2D eigenvalue weighted by molar-refractivity contribution is -0.146. The molecular formula is C9H16Cl3NO2. The molecule has 6 heteroatoms. The molecule has 0 aliphatic heterocycles. The molecule has 0 heterocycles. The molecule has 0 aliphatic rings. The van der Waals surface area contributed by atoms with Gasteiger partial charge < -0.3 is 10.1 Å². The van der Waals surface area contributed by atoms with Crippen LogP contribution in [0.25, 0.3) is 0 Å². The van der Waals surface area contributed by atoms with Crippen LogP contribution in [-0.4, -0.2) is 29.5 Å². The largest absolute Gasteiger partial charge is 0.460 e. The first-order valence-electron chi connectivity index (χ1n) is 4.67. The van der Waals surface area contributed by atoms with Crippen LogP contribution in [0.5, 0.6) is 0 Å². The molecule has 0 saturated heterocycles. The molecule has 0 fully saturated rings. The van der Waals surface area contributed by atoms with Crippen LogP contribution in [-0.2, 0) is 9.53 Å². The molecule has 0 bridgehead atoms. The molecular weight excluding hydrogens is 260 g/mol. The molecule has 0 aromatic rings. The van der Waals surface area contributed by atoms with Crippen LogP contribution in [0.2, 0.25) is 0 Å². The number of hydrogen-bond acceptors (Lipinski definition) is 3. The van der Waals surface area contributed by atoms with E-state index < -0.39 is 9.76 Å². The number of alkyl halides is 3. The van der Waals surface area contributed by atoms with Crippen molar-refractivity contribution in [3.8, 4) is 0 Å². The Kier molecular flexibility index (Phi) is 6.93. The highest BCUT2D eigenvalue weighted by Crippen LogP contribution is 2.26. The Bertz CT molecular complexity index is 204. The number of carbonyl (C=O) groups excluding carboxylic acids is 1. The minimum atomic E-state index is -1.55. The lowest BCUT2D eigenvalue weighted by atomic mass is 10.0. The monoisotopic (exact) mass is 275 g/mol. The summed E-state index contributed by atoms with van der Waals surface area (Å²) in [5.41, 5.74) is 0. The molecule has 1 N–H and O–H groups in total. The van der Waals surface area contributed by atoms with E-state index in [1.807, 2.05) is 13.8 Å². The molecule has 0 rings (SSSR count).